The van der Waals surface area contributed by atoms with E-state index in [0.717, 1.165) is 77.0 Å². The third-order valence-corrected chi connectivity index (χ3v) is 9.74. The summed E-state index contributed by atoms with van der Waals surface area (Å²) in [7, 11) is 0. The fourth-order valence-electron chi connectivity index (χ4n) is 6.18. The van der Waals surface area contributed by atoms with Gasteiger partial charge >= 0.3 is 17.9 Å². The molecule has 0 aliphatic rings. The lowest BCUT2D eigenvalue weighted by Crippen LogP contribution is -2.30. The van der Waals surface area contributed by atoms with Crippen molar-refractivity contribution in [2.24, 2.45) is 0 Å². The minimum Gasteiger partial charge on any atom is -0.462 e. The summed E-state index contributed by atoms with van der Waals surface area (Å²) in [6, 6.07) is 0. The summed E-state index contributed by atoms with van der Waals surface area (Å²) in [6.45, 7) is 6.49. The molecule has 0 aliphatic heterocycles. The van der Waals surface area contributed by atoms with E-state index in [1.54, 1.807) is 0 Å². The second kappa shape index (κ2) is 44.8. The fraction of sp³-hybridized carbons (Fsp3) is 0.740. The van der Waals surface area contributed by atoms with Gasteiger partial charge in [-0.2, -0.15) is 0 Å². The van der Waals surface area contributed by atoms with Gasteiger partial charge in [0.15, 0.2) is 6.10 Å². The molecule has 322 valence electrons. The summed E-state index contributed by atoms with van der Waals surface area (Å²) >= 11 is 0. The number of hydrogen-bond acceptors (Lipinski definition) is 6. The summed E-state index contributed by atoms with van der Waals surface area (Å²) < 4.78 is 16.6. The number of rotatable bonds is 41. The standard InChI is InChI=1S/C50H86O6/c1-4-7-10-13-16-19-22-23-24-25-26-27-29-31-34-37-40-43-49(52)55-46-47(45-54-48(51)42-39-36-33-30-21-18-15-12-9-6-3)56-50(53)44-41-38-35-32-28-20-17-14-11-8-5-2/h14,16-17,19,23-24,26-27,31,34,47H,4-13,15,18,20-22,25,28-30,32-33,35-46H2,1-3H3/b17-14-,19-16-,24-23-,27-26-,34-31-/t47-/m1/s1. The summed E-state index contributed by atoms with van der Waals surface area (Å²) in [4.78, 5) is 37.7. The third-order valence-electron chi connectivity index (χ3n) is 9.74. The Balaban J connectivity index is 4.45. The molecule has 0 spiro atoms. The summed E-state index contributed by atoms with van der Waals surface area (Å²) in [6.07, 6.45) is 53.5. The molecule has 0 aromatic heterocycles. The first-order chi connectivity index (χ1) is 27.5. The van der Waals surface area contributed by atoms with Gasteiger partial charge in [-0.05, 0) is 77.0 Å². The minimum absolute atomic E-state index is 0.0936. The molecule has 56 heavy (non-hydrogen) atoms. The zero-order valence-corrected chi connectivity index (χ0v) is 36.6. The van der Waals surface area contributed by atoms with Gasteiger partial charge in [0.2, 0.25) is 0 Å². The van der Waals surface area contributed by atoms with Crippen LogP contribution >= 0.6 is 0 Å². The molecule has 0 unspecified atom stereocenters. The molecular weight excluding hydrogens is 697 g/mol. The first-order valence-corrected chi connectivity index (χ1v) is 23.3. The predicted octanol–water partition coefficient (Wildman–Crippen LogP) is 14.9. The number of carbonyl (C=O) groups excluding carboxylic acids is 3. The highest BCUT2D eigenvalue weighted by molar-refractivity contribution is 5.71. The van der Waals surface area contributed by atoms with Crippen LogP contribution in [-0.4, -0.2) is 37.2 Å². The number of carbonyl (C=O) groups is 3. The number of ether oxygens (including phenoxy) is 3. The number of allylic oxidation sites excluding steroid dienone is 10. The maximum absolute atomic E-state index is 12.7. The average molecular weight is 783 g/mol. The van der Waals surface area contributed by atoms with Crippen LogP contribution in [0, 0.1) is 0 Å². The Labute approximate surface area is 345 Å². The quantitative estimate of drug-likeness (QED) is 0.0266. The van der Waals surface area contributed by atoms with E-state index in [2.05, 4.69) is 81.5 Å². The van der Waals surface area contributed by atoms with Crippen LogP contribution < -0.4 is 0 Å². The Morgan fingerprint density at radius 3 is 1.18 bits per heavy atom. The predicted molar refractivity (Wildman–Crippen MR) is 238 cm³/mol. The molecule has 0 aromatic carbocycles. The Bertz CT molecular complexity index is 1040. The lowest BCUT2D eigenvalue weighted by molar-refractivity contribution is -0.167. The molecule has 0 saturated carbocycles. The van der Waals surface area contributed by atoms with Crippen LogP contribution in [0.25, 0.3) is 0 Å². The molecule has 0 amide bonds. The van der Waals surface area contributed by atoms with Gasteiger partial charge < -0.3 is 14.2 Å². The van der Waals surface area contributed by atoms with E-state index < -0.39 is 6.10 Å². The zero-order valence-electron chi connectivity index (χ0n) is 36.6. The van der Waals surface area contributed by atoms with Gasteiger partial charge in [0.25, 0.3) is 0 Å². The molecule has 0 aromatic rings. The average Bonchev–Trinajstić information content (AvgIpc) is 3.19. The first kappa shape index (κ1) is 53.1. The molecule has 0 rings (SSSR count). The second-order valence-electron chi connectivity index (χ2n) is 15.3. The smallest absolute Gasteiger partial charge is 0.306 e. The lowest BCUT2D eigenvalue weighted by atomic mass is 10.1. The van der Waals surface area contributed by atoms with Gasteiger partial charge in [-0.3, -0.25) is 14.4 Å². The van der Waals surface area contributed by atoms with Gasteiger partial charge in [0, 0.05) is 19.3 Å². The van der Waals surface area contributed by atoms with Crippen LogP contribution in [0.5, 0.6) is 0 Å². The van der Waals surface area contributed by atoms with Gasteiger partial charge in [0.05, 0.1) is 0 Å². The van der Waals surface area contributed by atoms with Crippen molar-refractivity contribution in [2.45, 2.75) is 226 Å². The van der Waals surface area contributed by atoms with Gasteiger partial charge in [0.1, 0.15) is 13.2 Å². The second-order valence-corrected chi connectivity index (χ2v) is 15.3. The lowest BCUT2D eigenvalue weighted by Gasteiger charge is -2.18. The molecule has 0 bridgehead atoms. The Morgan fingerprint density at radius 2 is 0.679 bits per heavy atom. The molecule has 6 heteroatoms. The molecular formula is C50H86O6. The molecule has 0 fully saturated rings. The summed E-state index contributed by atoms with van der Waals surface area (Å²) in [5.41, 5.74) is 0. The SMILES string of the molecule is CCCC/C=C\CCCCCCCC(=O)O[C@@H](COC(=O)CCC/C=C\C/C=C\C/C=C\C/C=C\CCCCC)COC(=O)CCCCCCCCCCCC. The van der Waals surface area contributed by atoms with E-state index in [1.165, 1.54) is 96.3 Å². The van der Waals surface area contributed by atoms with Gasteiger partial charge in [-0.25, -0.2) is 0 Å². The third kappa shape index (κ3) is 42.3. The molecule has 0 saturated heterocycles. The van der Waals surface area contributed by atoms with Crippen molar-refractivity contribution in [2.75, 3.05) is 13.2 Å². The topological polar surface area (TPSA) is 78.9 Å². The van der Waals surface area contributed by atoms with Crippen LogP contribution in [0.15, 0.2) is 60.8 Å². The van der Waals surface area contributed by atoms with Crippen molar-refractivity contribution < 1.29 is 28.6 Å². The Morgan fingerprint density at radius 1 is 0.357 bits per heavy atom. The van der Waals surface area contributed by atoms with Crippen molar-refractivity contribution in [1.82, 2.24) is 0 Å². The van der Waals surface area contributed by atoms with Crippen molar-refractivity contribution in [3.63, 3.8) is 0 Å². The van der Waals surface area contributed by atoms with Gasteiger partial charge in [-0.1, -0.05) is 184 Å². The van der Waals surface area contributed by atoms with Crippen molar-refractivity contribution in [3.8, 4) is 0 Å². The molecule has 0 N–H and O–H groups in total. The van der Waals surface area contributed by atoms with E-state index in [-0.39, 0.29) is 37.5 Å². The maximum atomic E-state index is 12.7. The highest BCUT2D eigenvalue weighted by Crippen LogP contribution is 2.13. The molecule has 0 radical (unpaired) electrons. The highest BCUT2D eigenvalue weighted by atomic mass is 16.6. The van der Waals surface area contributed by atoms with E-state index in [4.69, 9.17) is 14.2 Å². The van der Waals surface area contributed by atoms with E-state index in [1.807, 2.05) is 0 Å². The fourth-order valence-corrected chi connectivity index (χ4v) is 6.18. The van der Waals surface area contributed by atoms with Crippen molar-refractivity contribution >= 4 is 17.9 Å². The number of hydrogen-bond donors (Lipinski definition) is 0. The Hall–Kier alpha value is -2.89. The zero-order chi connectivity index (χ0) is 40.8. The monoisotopic (exact) mass is 783 g/mol. The summed E-state index contributed by atoms with van der Waals surface area (Å²) in [5.74, 6) is -0.966. The van der Waals surface area contributed by atoms with E-state index >= 15 is 0 Å². The number of unbranched alkanes of at least 4 members (excludes halogenated alkanes) is 20. The van der Waals surface area contributed by atoms with Crippen LogP contribution in [0.1, 0.15) is 220 Å². The normalized spacial score (nSPS) is 12.6. The number of esters is 3. The van der Waals surface area contributed by atoms with Crippen molar-refractivity contribution in [1.29, 1.82) is 0 Å². The van der Waals surface area contributed by atoms with Crippen molar-refractivity contribution in [3.05, 3.63) is 60.8 Å². The molecule has 0 heterocycles. The maximum Gasteiger partial charge on any atom is 0.306 e. The molecule has 6 nitrogen and oxygen atoms in total. The van der Waals surface area contributed by atoms with Crippen LogP contribution in [0.2, 0.25) is 0 Å². The molecule has 0 aliphatic carbocycles. The minimum atomic E-state index is -0.795. The largest absolute Gasteiger partial charge is 0.462 e. The van der Waals surface area contributed by atoms with Crippen LogP contribution in [0.3, 0.4) is 0 Å². The Kier molecular flexibility index (Phi) is 42.5. The van der Waals surface area contributed by atoms with E-state index in [0.29, 0.717) is 19.3 Å². The highest BCUT2D eigenvalue weighted by Gasteiger charge is 2.19. The molecule has 1 atom stereocenters. The van der Waals surface area contributed by atoms with E-state index in [9.17, 15) is 14.4 Å². The van der Waals surface area contributed by atoms with Gasteiger partial charge in [-0.15, -0.1) is 0 Å². The van der Waals surface area contributed by atoms with Crippen LogP contribution in [-0.2, 0) is 28.6 Å². The van der Waals surface area contributed by atoms with Crippen LogP contribution in [0.4, 0.5) is 0 Å². The first-order valence-electron chi connectivity index (χ1n) is 23.3. The summed E-state index contributed by atoms with van der Waals surface area (Å²) in [5, 5.41) is 0.